The van der Waals surface area contributed by atoms with Crippen molar-refractivity contribution >= 4 is 13.9 Å². The minimum atomic E-state index is 0.0544. The smallest absolute Gasteiger partial charge is 0.241 e. The molecule has 0 aromatic carbocycles. The highest BCUT2D eigenvalue weighted by atomic mass is 16.2. The molecule has 0 aromatic heterocycles. The Morgan fingerprint density at radius 2 is 2.08 bits per heavy atom. The zero-order chi connectivity index (χ0) is 9.46. The van der Waals surface area contributed by atoms with Crippen LogP contribution in [0, 0.1) is 0 Å². The Morgan fingerprint density at radius 1 is 1.58 bits per heavy atom. The van der Waals surface area contributed by atoms with Gasteiger partial charge in [0.1, 0.15) is 0 Å². The molecule has 1 atom stereocenters. The van der Waals surface area contributed by atoms with Crippen molar-refractivity contribution in [2.24, 2.45) is 0 Å². The number of rotatable bonds is 0. The quantitative estimate of drug-likeness (QED) is 0.379. The van der Waals surface area contributed by atoms with Crippen LogP contribution in [0.3, 0.4) is 0 Å². The van der Waals surface area contributed by atoms with Gasteiger partial charge in [-0.15, -0.1) is 0 Å². The highest BCUT2D eigenvalue weighted by molar-refractivity contribution is 6.21. The summed E-state index contributed by atoms with van der Waals surface area (Å²) in [6, 6.07) is 0.190. The molecule has 12 heavy (non-hydrogen) atoms. The molecule has 0 aromatic rings. The summed E-state index contributed by atoms with van der Waals surface area (Å²) in [6.07, 6.45) is 0. The molecular formula is C9H14BNO. The van der Waals surface area contributed by atoms with E-state index < -0.39 is 0 Å². The second-order valence-corrected chi connectivity index (χ2v) is 3.48. The van der Waals surface area contributed by atoms with Crippen molar-refractivity contribution in [3.8, 4) is 0 Å². The number of amides is 1. The van der Waals surface area contributed by atoms with Crippen LogP contribution in [0.25, 0.3) is 0 Å². The topological polar surface area (TPSA) is 20.3 Å². The Labute approximate surface area is 74.4 Å². The Bertz CT molecular complexity index is 276. The zero-order valence-electron chi connectivity index (χ0n) is 8.14. The summed E-state index contributed by atoms with van der Waals surface area (Å²) in [5.41, 5.74) is 2.94. The van der Waals surface area contributed by atoms with Crippen molar-refractivity contribution in [2.45, 2.75) is 26.8 Å². The number of hydrogen-bond acceptors (Lipinski definition) is 1. The molecule has 64 valence electrons. The van der Waals surface area contributed by atoms with Gasteiger partial charge in [0.05, 0.1) is 0 Å². The van der Waals surface area contributed by atoms with Crippen LogP contribution >= 0.6 is 0 Å². The lowest BCUT2D eigenvalue weighted by atomic mass is 10.0. The molecule has 1 aliphatic rings. The lowest BCUT2D eigenvalue weighted by molar-refractivity contribution is -0.121. The lowest BCUT2D eigenvalue weighted by Crippen LogP contribution is -2.28. The predicted molar refractivity (Wildman–Crippen MR) is 52.4 cm³/mol. The molecule has 0 spiro atoms. The number of carbonyl (C=O) groups excluding carboxylic acids is 1. The number of allylic oxidation sites excluding steroid dienone is 1. The van der Waals surface area contributed by atoms with Crippen LogP contribution < -0.4 is 0 Å². The van der Waals surface area contributed by atoms with E-state index in [-0.39, 0.29) is 11.9 Å². The first-order valence-electron chi connectivity index (χ1n) is 4.10. The molecule has 2 nitrogen and oxygen atoms in total. The van der Waals surface area contributed by atoms with Gasteiger partial charge < -0.3 is 4.81 Å². The Balaban J connectivity index is 3.17. The largest absolute Gasteiger partial charge is 0.383 e. The molecule has 1 saturated heterocycles. The van der Waals surface area contributed by atoms with Crippen LogP contribution in [-0.2, 0) is 4.79 Å². The summed E-state index contributed by atoms with van der Waals surface area (Å²) in [4.78, 5) is 13.1. The van der Waals surface area contributed by atoms with Gasteiger partial charge in [-0.25, -0.2) is 0 Å². The van der Waals surface area contributed by atoms with E-state index in [1.54, 1.807) is 4.81 Å². The van der Waals surface area contributed by atoms with E-state index in [0.29, 0.717) is 5.57 Å². The van der Waals surface area contributed by atoms with Crippen molar-refractivity contribution in [2.75, 3.05) is 0 Å². The molecule has 1 unspecified atom stereocenters. The second kappa shape index (κ2) is 2.81. The first-order valence-corrected chi connectivity index (χ1v) is 4.10. The standard InChI is InChI=1S/C9H14BNO/c1-5(2)8-6(3)9(12)11(10)7(8)4/h7H,3,10H2,1-2,4H3. The molecule has 0 saturated carbocycles. The van der Waals surface area contributed by atoms with Crippen LogP contribution in [0.4, 0.5) is 0 Å². The average Bonchev–Trinajstić information content (AvgIpc) is 2.16. The van der Waals surface area contributed by atoms with Crippen LogP contribution in [0.1, 0.15) is 20.8 Å². The molecule has 1 heterocycles. The Morgan fingerprint density at radius 3 is 2.25 bits per heavy atom. The van der Waals surface area contributed by atoms with E-state index in [1.165, 1.54) is 5.57 Å². The van der Waals surface area contributed by atoms with Crippen LogP contribution in [0.5, 0.6) is 0 Å². The molecule has 1 amide bonds. The molecule has 1 aliphatic heterocycles. The van der Waals surface area contributed by atoms with Crippen molar-refractivity contribution in [1.29, 1.82) is 0 Å². The third kappa shape index (κ3) is 1.09. The van der Waals surface area contributed by atoms with Gasteiger partial charge in [-0.1, -0.05) is 12.2 Å². The fraction of sp³-hybridized carbons (Fsp3) is 0.444. The van der Waals surface area contributed by atoms with Gasteiger partial charge in [-0.05, 0) is 26.3 Å². The highest BCUT2D eigenvalue weighted by Crippen LogP contribution is 2.29. The van der Waals surface area contributed by atoms with Gasteiger partial charge in [-0.2, -0.15) is 0 Å². The molecule has 0 aliphatic carbocycles. The lowest BCUT2D eigenvalue weighted by Gasteiger charge is -2.15. The SMILES string of the molecule is BN1C(=O)C(=C)C(=C(C)C)C1C. The highest BCUT2D eigenvalue weighted by Gasteiger charge is 2.32. The van der Waals surface area contributed by atoms with Gasteiger partial charge >= 0.3 is 0 Å². The molecule has 0 radical (unpaired) electrons. The number of carbonyl (C=O) groups is 1. The van der Waals surface area contributed by atoms with Gasteiger partial charge in [-0.3, -0.25) is 4.79 Å². The van der Waals surface area contributed by atoms with E-state index in [4.69, 9.17) is 0 Å². The maximum absolute atomic E-state index is 11.4. The van der Waals surface area contributed by atoms with Crippen molar-refractivity contribution in [1.82, 2.24) is 4.81 Å². The summed E-state index contributed by atoms with van der Waals surface area (Å²) in [5.74, 6) is 0.0544. The summed E-state index contributed by atoms with van der Waals surface area (Å²) >= 11 is 0. The van der Waals surface area contributed by atoms with Gasteiger partial charge in [0.2, 0.25) is 13.9 Å². The fourth-order valence-electron chi connectivity index (χ4n) is 1.67. The van der Waals surface area contributed by atoms with Crippen molar-refractivity contribution < 1.29 is 4.79 Å². The number of nitrogens with zero attached hydrogens (tertiary/aromatic N) is 1. The van der Waals surface area contributed by atoms with E-state index in [1.807, 2.05) is 28.8 Å². The third-order valence-corrected chi connectivity index (χ3v) is 2.44. The molecule has 3 heteroatoms. The fourth-order valence-corrected chi connectivity index (χ4v) is 1.67. The number of hydrogen-bond donors (Lipinski definition) is 0. The Hall–Kier alpha value is -0.985. The normalized spacial score (nSPS) is 23.8. The van der Waals surface area contributed by atoms with Crippen molar-refractivity contribution in [3.05, 3.63) is 23.3 Å². The van der Waals surface area contributed by atoms with Gasteiger partial charge in [0, 0.05) is 11.6 Å². The molecule has 0 bridgehead atoms. The van der Waals surface area contributed by atoms with E-state index in [0.717, 1.165) is 5.57 Å². The summed E-state index contributed by atoms with van der Waals surface area (Å²) in [7, 11) is 1.81. The predicted octanol–water partition coefficient (Wildman–Crippen LogP) is 0.658. The van der Waals surface area contributed by atoms with Gasteiger partial charge in [0.25, 0.3) is 0 Å². The summed E-state index contributed by atoms with van der Waals surface area (Å²) in [5, 5.41) is 0. The summed E-state index contributed by atoms with van der Waals surface area (Å²) < 4.78 is 0. The van der Waals surface area contributed by atoms with E-state index in [2.05, 4.69) is 6.58 Å². The maximum Gasteiger partial charge on any atom is 0.241 e. The van der Waals surface area contributed by atoms with Crippen LogP contribution in [-0.4, -0.2) is 24.7 Å². The van der Waals surface area contributed by atoms with E-state index in [9.17, 15) is 4.79 Å². The molecule has 1 fully saturated rings. The molecule has 0 N–H and O–H groups in total. The molecular weight excluding hydrogens is 149 g/mol. The van der Waals surface area contributed by atoms with Crippen molar-refractivity contribution in [3.63, 3.8) is 0 Å². The first-order chi connectivity index (χ1) is 5.46. The average molecular weight is 163 g/mol. The monoisotopic (exact) mass is 163 g/mol. The maximum atomic E-state index is 11.4. The third-order valence-electron chi connectivity index (χ3n) is 2.44. The minimum absolute atomic E-state index is 0.0544. The van der Waals surface area contributed by atoms with Crippen LogP contribution in [0.15, 0.2) is 23.3 Å². The van der Waals surface area contributed by atoms with E-state index >= 15 is 0 Å². The van der Waals surface area contributed by atoms with Gasteiger partial charge in [0.15, 0.2) is 0 Å². The summed E-state index contributed by atoms with van der Waals surface area (Å²) in [6.45, 7) is 9.85. The van der Waals surface area contributed by atoms with Crippen LogP contribution in [0.2, 0.25) is 0 Å². The molecule has 1 rings (SSSR count). The minimum Gasteiger partial charge on any atom is -0.383 e. The zero-order valence-corrected chi connectivity index (χ0v) is 8.14. The second-order valence-electron chi connectivity index (χ2n) is 3.48. The first kappa shape index (κ1) is 9.11. The Kier molecular flexibility index (Phi) is 2.13.